The summed E-state index contributed by atoms with van der Waals surface area (Å²) in [5.41, 5.74) is 1.15. The number of halogens is 2. The van der Waals surface area contributed by atoms with Gasteiger partial charge < -0.3 is 5.32 Å². The van der Waals surface area contributed by atoms with Gasteiger partial charge in [0.05, 0.1) is 5.02 Å². The van der Waals surface area contributed by atoms with Crippen molar-refractivity contribution in [1.82, 2.24) is 5.32 Å². The number of hydrogen-bond donors (Lipinski definition) is 1. The number of benzene rings is 1. The average molecular weight is 256 g/mol. The van der Waals surface area contributed by atoms with E-state index in [-0.39, 0.29) is 10.8 Å². The van der Waals surface area contributed by atoms with Gasteiger partial charge >= 0.3 is 0 Å². The zero-order valence-corrected chi connectivity index (χ0v) is 10.9. The van der Waals surface area contributed by atoms with Gasteiger partial charge in [0.2, 0.25) is 0 Å². The quantitative estimate of drug-likeness (QED) is 0.866. The average Bonchev–Trinajstić information content (AvgIpc) is 2.34. The van der Waals surface area contributed by atoms with E-state index in [0.717, 1.165) is 12.0 Å². The van der Waals surface area contributed by atoms with Crippen molar-refractivity contribution >= 4 is 11.6 Å². The summed E-state index contributed by atoms with van der Waals surface area (Å²) in [5.74, 6) is 0.370. The van der Waals surface area contributed by atoms with Crippen LogP contribution in [0.15, 0.2) is 18.2 Å². The maximum atomic E-state index is 13.1. The van der Waals surface area contributed by atoms with E-state index >= 15 is 0 Å². The van der Waals surface area contributed by atoms with Crippen LogP contribution in [0.5, 0.6) is 0 Å². The smallest absolute Gasteiger partial charge is 0.141 e. The van der Waals surface area contributed by atoms with E-state index in [1.807, 2.05) is 13.1 Å². The van der Waals surface area contributed by atoms with Gasteiger partial charge in [-0.15, -0.1) is 0 Å². The topological polar surface area (TPSA) is 12.0 Å². The van der Waals surface area contributed by atoms with Crippen molar-refractivity contribution in [2.24, 2.45) is 5.92 Å². The summed E-state index contributed by atoms with van der Waals surface area (Å²) in [6.45, 7) is 0. The van der Waals surface area contributed by atoms with E-state index in [0.29, 0.717) is 12.0 Å². The normalized spacial score (nSPS) is 24.9. The first-order valence-corrected chi connectivity index (χ1v) is 6.68. The molecule has 0 heterocycles. The molecule has 1 saturated carbocycles. The number of rotatable bonds is 3. The molecule has 1 fully saturated rings. The first kappa shape index (κ1) is 12.8. The van der Waals surface area contributed by atoms with Gasteiger partial charge in [0.25, 0.3) is 0 Å². The predicted octanol–water partition coefficient (Wildman–Crippen LogP) is 3.80. The molecule has 17 heavy (non-hydrogen) atoms. The first-order valence-electron chi connectivity index (χ1n) is 6.30. The monoisotopic (exact) mass is 255 g/mol. The molecule has 0 spiro atoms. The molecule has 0 aromatic heterocycles. The molecule has 2 unspecified atom stereocenters. The summed E-state index contributed by atoms with van der Waals surface area (Å²) in [5, 5.41) is 3.59. The number of hydrogen-bond acceptors (Lipinski definition) is 1. The molecule has 1 aliphatic rings. The van der Waals surface area contributed by atoms with Crippen molar-refractivity contribution in [2.45, 2.75) is 38.1 Å². The second-order valence-electron chi connectivity index (χ2n) is 4.97. The van der Waals surface area contributed by atoms with E-state index in [2.05, 4.69) is 5.32 Å². The lowest BCUT2D eigenvalue weighted by atomic mass is 9.82. The van der Waals surface area contributed by atoms with Crippen molar-refractivity contribution in [3.05, 3.63) is 34.6 Å². The fraction of sp³-hybridized carbons (Fsp3) is 0.571. The Morgan fingerprint density at radius 2 is 2.24 bits per heavy atom. The highest BCUT2D eigenvalue weighted by atomic mass is 35.5. The first-order chi connectivity index (χ1) is 8.19. The fourth-order valence-corrected chi connectivity index (χ4v) is 2.94. The van der Waals surface area contributed by atoms with Gasteiger partial charge in [0.1, 0.15) is 5.82 Å². The molecular formula is C14H19ClFN. The zero-order chi connectivity index (χ0) is 12.3. The van der Waals surface area contributed by atoms with Gasteiger partial charge in [0, 0.05) is 6.04 Å². The van der Waals surface area contributed by atoms with E-state index in [9.17, 15) is 4.39 Å². The minimum Gasteiger partial charge on any atom is -0.317 e. The van der Waals surface area contributed by atoms with E-state index in [1.165, 1.54) is 31.7 Å². The summed E-state index contributed by atoms with van der Waals surface area (Å²) in [7, 11) is 2.03. The molecule has 1 aromatic carbocycles. The highest BCUT2D eigenvalue weighted by Crippen LogP contribution is 2.28. The van der Waals surface area contributed by atoms with Gasteiger partial charge in [-0.2, -0.15) is 0 Å². The van der Waals surface area contributed by atoms with Crippen LogP contribution < -0.4 is 5.32 Å². The van der Waals surface area contributed by atoms with E-state index < -0.39 is 0 Å². The summed E-state index contributed by atoms with van der Waals surface area (Å²) < 4.78 is 13.1. The third-order valence-corrected chi connectivity index (χ3v) is 3.99. The van der Waals surface area contributed by atoms with Gasteiger partial charge in [-0.25, -0.2) is 4.39 Å². The Morgan fingerprint density at radius 3 is 2.94 bits per heavy atom. The van der Waals surface area contributed by atoms with Gasteiger partial charge in [0.15, 0.2) is 0 Å². The Labute approximate surface area is 107 Å². The van der Waals surface area contributed by atoms with Gasteiger partial charge in [-0.3, -0.25) is 0 Å². The molecule has 0 bridgehead atoms. The Bertz CT molecular complexity index is 380. The maximum absolute atomic E-state index is 13.1. The molecule has 0 aliphatic heterocycles. The predicted molar refractivity (Wildman–Crippen MR) is 69.9 cm³/mol. The Kier molecular flexibility index (Phi) is 4.41. The van der Waals surface area contributed by atoms with Crippen LogP contribution >= 0.6 is 11.6 Å². The molecule has 1 N–H and O–H groups in total. The van der Waals surface area contributed by atoms with Gasteiger partial charge in [-0.1, -0.05) is 30.5 Å². The summed E-state index contributed by atoms with van der Waals surface area (Å²) in [6, 6.07) is 5.73. The third-order valence-electron chi connectivity index (χ3n) is 3.70. The van der Waals surface area contributed by atoms with Crippen molar-refractivity contribution in [2.75, 3.05) is 7.05 Å². The second kappa shape index (κ2) is 5.83. The number of nitrogens with one attached hydrogen (secondary N) is 1. The van der Waals surface area contributed by atoms with Crippen molar-refractivity contribution < 1.29 is 4.39 Å². The lowest BCUT2D eigenvalue weighted by Crippen LogP contribution is -2.31. The summed E-state index contributed by atoms with van der Waals surface area (Å²) >= 11 is 5.80. The molecule has 1 nitrogen and oxygen atoms in total. The Hall–Kier alpha value is -0.600. The van der Waals surface area contributed by atoms with Crippen LogP contribution in [-0.2, 0) is 6.42 Å². The largest absolute Gasteiger partial charge is 0.317 e. The lowest BCUT2D eigenvalue weighted by Gasteiger charge is -2.29. The Balaban J connectivity index is 1.97. The highest BCUT2D eigenvalue weighted by molar-refractivity contribution is 6.30. The molecular weight excluding hydrogens is 237 g/mol. The van der Waals surface area contributed by atoms with Crippen molar-refractivity contribution in [3.63, 3.8) is 0 Å². The van der Waals surface area contributed by atoms with Crippen molar-refractivity contribution in [1.29, 1.82) is 0 Å². The molecule has 3 heteroatoms. The lowest BCUT2D eigenvalue weighted by molar-refractivity contribution is 0.294. The van der Waals surface area contributed by atoms with Gasteiger partial charge in [-0.05, 0) is 49.9 Å². The molecule has 94 valence electrons. The van der Waals surface area contributed by atoms with Crippen LogP contribution in [0.4, 0.5) is 4.39 Å². The molecule has 2 atom stereocenters. The highest BCUT2D eigenvalue weighted by Gasteiger charge is 2.21. The standard InChI is InChI=1S/C14H19ClFN/c1-17-12-4-2-3-10(8-12)7-11-5-6-14(16)13(15)9-11/h5-6,9-10,12,17H,2-4,7-8H2,1H3. The second-order valence-corrected chi connectivity index (χ2v) is 5.38. The zero-order valence-electron chi connectivity index (χ0n) is 10.2. The molecule has 1 aromatic rings. The molecule has 0 radical (unpaired) electrons. The SMILES string of the molecule is CNC1CCCC(Cc2ccc(F)c(Cl)c2)C1. The van der Waals surface area contributed by atoms with E-state index in [4.69, 9.17) is 11.6 Å². The minimum atomic E-state index is -0.327. The van der Waals surface area contributed by atoms with E-state index in [1.54, 1.807) is 6.07 Å². The summed E-state index contributed by atoms with van der Waals surface area (Å²) in [4.78, 5) is 0. The van der Waals surface area contributed by atoms with Crippen LogP contribution in [0, 0.1) is 11.7 Å². The van der Waals surface area contributed by atoms with Crippen LogP contribution in [0.25, 0.3) is 0 Å². The minimum absolute atomic E-state index is 0.239. The third kappa shape index (κ3) is 3.43. The van der Waals surface area contributed by atoms with Crippen LogP contribution in [0.3, 0.4) is 0 Å². The molecule has 2 rings (SSSR count). The van der Waals surface area contributed by atoms with Crippen LogP contribution in [-0.4, -0.2) is 13.1 Å². The van der Waals surface area contributed by atoms with Crippen LogP contribution in [0.2, 0.25) is 5.02 Å². The Morgan fingerprint density at radius 1 is 1.41 bits per heavy atom. The fourth-order valence-electron chi connectivity index (χ4n) is 2.74. The van der Waals surface area contributed by atoms with Crippen molar-refractivity contribution in [3.8, 4) is 0 Å². The molecule has 1 aliphatic carbocycles. The molecule has 0 saturated heterocycles. The maximum Gasteiger partial charge on any atom is 0.141 e. The van der Waals surface area contributed by atoms with Crippen LogP contribution in [0.1, 0.15) is 31.2 Å². The summed E-state index contributed by atoms with van der Waals surface area (Å²) in [6.07, 6.45) is 6.05. The molecule has 0 amide bonds.